The summed E-state index contributed by atoms with van der Waals surface area (Å²) in [5, 5.41) is 2.45. The lowest BCUT2D eigenvalue weighted by molar-refractivity contribution is 0.0600. The topological polar surface area (TPSA) is 77.5 Å². The SMILES string of the molecule is COC(=O)c1c(C)ccnc1NC(=O)OC(C)(C)C. The van der Waals surface area contributed by atoms with Crippen molar-refractivity contribution in [1.82, 2.24) is 4.98 Å². The second-order valence-corrected chi connectivity index (χ2v) is 4.97. The van der Waals surface area contributed by atoms with E-state index in [2.05, 4.69) is 15.0 Å². The van der Waals surface area contributed by atoms with Crippen LogP contribution in [0.4, 0.5) is 10.6 Å². The molecule has 0 atom stereocenters. The minimum absolute atomic E-state index is 0.126. The van der Waals surface area contributed by atoms with Crippen molar-refractivity contribution < 1.29 is 19.1 Å². The third-order valence-electron chi connectivity index (χ3n) is 2.17. The van der Waals surface area contributed by atoms with Crippen LogP contribution in [0.2, 0.25) is 0 Å². The van der Waals surface area contributed by atoms with E-state index in [-0.39, 0.29) is 11.4 Å². The molecule has 6 nitrogen and oxygen atoms in total. The molecule has 0 spiro atoms. The van der Waals surface area contributed by atoms with Crippen LogP contribution in [-0.4, -0.2) is 29.8 Å². The Balaban J connectivity index is 2.99. The first-order valence-electron chi connectivity index (χ1n) is 5.78. The zero-order chi connectivity index (χ0) is 14.6. The van der Waals surface area contributed by atoms with Crippen LogP contribution in [0.3, 0.4) is 0 Å². The van der Waals surface area contributed by atoms with Crippen molar-refractivity contribution in [2.45, 2.75) is 33.3 Å². The lowest BCUT2D eigenvalue weighted by Crippen LogP contribution is -2.28. The Kier molecular flexibility index (Phi) is 4.47. The number of nitrogens with zero attached hydrogens (tertiary/aromatic N) is 1. The van der Waals surface area contributed by atoms with Gasteiger partial charge in [0.15, 0.2) is 0 Å². The number of carbonyl (C=O) groups is 2. The Hall–Kier alpha value is -2.11. The summed E-state index contributed by atoms with van der Waals surface area (Å²) in [4.78, 5) is 27.3. The maximum absolute atomic E-state index is 11.7. The fourth-order valence-electron chi connectivity index (χ4n) is 1.41. The molecule has 0 bridgehead atoms. The average Bonchev–Trinajstić information content (AvgIpc) is 2.25. The zero-order valence-electron chi connectivity index (χ0n) is 11.7. The summed E-state index contributed by atoms with van der Waals surface area (Å²) in [6.45, 7) is 6.97. The molecular formula is C13H18N2O4. The number of esters is 1. The summed E-state index contributed by atoms with van der Waals surface area (Å²) in [5.74, 6) is -0.433. The van der Waals surface area contributed by atoms with Gasteiger partial charge in [0.05, 0.1) is 7.11 Å². The van der Waals surface area contributed by atoms with Gasteiger partial charge in [0.25, 0.3) is 0 Å². The number of hydrogen-bond acceptors (Lipinski definition) is 5. The summed E-state index contributed by atoms with van der Waals surface area (Å²) < 4.78 is 9.78. The maximum atomic E-state index is 11.7. The lowest BCUT2D eigenvalue weighted by Gasteiger charge is -2.20. The highest BCUT2D eigenvalue weighted by atomic mass is 16.6. The van der Waals surface area contributed by atoms with Crippen LogP contribution in [-0.2, 0) is 9.47 Å². The number of carbonyl (C=O) groups excluding carboxylic acids is 2. The molecule has 0 aliphatic carbocycles. The first-order chi connectivity index (χ1) is 8.74. The van der Waals surface area contributed by atoms with Crippen molar-refractivity contribution >= 4 is 17.9 Å². The van der Waals surface area contributed by atoms with Crippen molar-refractivity contribution in [1.29, 1.82) is 0 Å². The standard InChI is InChI=1S/C13H18N2O4/c1-8-6-7-14-10(9(8)11(16)18-5)15-12(17)19-13(2,3)4/h6-7H,1-5H3,(H,14,15,17). The van der Waals surface area contributed by atoms with Gasteiger partial charge >= 0.3 is 12.1 Å². The summed E-state index contributed by atoms with van der Waals surface area (Å²) in [6.07, 6.45) is 0.824. The van der Waals surface area contributed by atoms with E-state index in [0.717, 1.165) is 0 Å². The van der Waals surface area contributed by atoms with Crippen LogP contribution in [0, 0.1) is 6.92 Å². The second kappa shape index (κ2) is 5.69. The fourth-order valence-corrected chi connectivity index (χ4v) is 1.41. The van der Waals surface area contributed by atoms with E-state index >= 15 is 0 Å². The monoisotopic (exact) mass is 266 g/mol. The quantitative estimate of drug-likeness (QED) is 0.832. The van der Waals surface area contributed by atoms with E-state index in [1.165, 1.54) is 13.3 Å². The molecule has 0 saturated heterocycles. The van der Waals surface area contributed by atoms with Crippen LogP contribution in [0.1, 0.15) is 36.7 Å². The molecule has 1 heterocycles. The first-order valence-corrected chi connectivity index (χ1v) is 5.78. The van der Waals surface area contributed by atoms with E-state index in [1.807, 2.05) is 0 Å². The molecule has 1 aromatic rings. The van der Waals surface area contributed by atoms with Crippen molar-refractivity contribution in [3.8, 4) is 0 Å². The zero-order valence-corrected chi connectivity index (χ0v) is 11.7. The van der Waals surface area contributed by atoms with E-state index < -0.39 is 17.7 Å². The molecular weight excluding hydrogens is 248 g/mol. The number of aryl methyl sites for hydroxylation is 1. The fraction of sp³-hybridized carbons (Fsp3) is 0.462. The number of hydrogen-bond donors (Lipinski definition) is 1. The number of aromatic nitrogens is 1. The largest absolute Gasteiger partial charge is 0.465 e. The van der Waals surface area contributed by atoms with Crippen LogP contribution in [0.25, 0.3) is 0 Å². The van der Waals surface area contributed by atoms with Gasteiger partial charge in [-0.15, -0.1) is 0 Å². The van der Waals surface area contributed by atoms with Crippen LogP contribution >= 0.6 is 0 Å². The van der Waals surface area contributed by atoms with Gasteiger partial charge in [-0.2, -0.15) is 0 Å². The number of rotatable bonds is 2. The predicted molar refractivity (Wildman–Crippen MR) is 70.2 cm³/mol. The van der Waals surface area contributed by atoms with Crippen molar-refractivity contribution in [2.75, 3.05) is 12.4 Å². The van der Waals surface area contributed by atoms with Gasteiger partial charge < -0.3 is 9.47 Å². The third-order valence-corrected chi connectivity index (χ3v) is 2.17. The average molecular weight is 266 g/mol. The normalized spacial score (nSPS) is 10.8. The van der Waals surface area contributed by atoms with Gasteiger partial charge in [-0.3, -0.25) is 5.32 Å². The molecule has 0 saturated carbocycles. The molecule has 1 amide bonds. The van der Waals surface area contributed by atoms with Crippen LogP contribution in [0.15, 0.2) is 12.3 Å². The molecule has 1 rings (SSSR count). The lowest BCUT2D eigenvalue weighted by atomic mass is 10.1. The van der Waals surface area contributed by atoms with Crippen LogP contribution in [0.5, 0.6) is 0 Å². The molecule has 0 aliphatic rings. The molecule has 1 N–H and O–H groups in total. The third kappa shape index (κ3) is 4.24. The Morgan fingerprint density at radius 1 is 1.32 bits per heavy atom. The smallest absolute Gasteiger partial charge is 0.413 e. The highest BCUT2D eigenvalue weighted by Gasteiger charge is 2.21. The summed E-state index contributed by atoms with van der Waals surface area (Å²) in [5.41, 5.74) is 0.253. The second-order valence-electron chi connectivity index (χ2n) is 4.97. The minimum Gasteiger partial charge on any atom is -0.465 e. The van der Waals surface area contributed by atoms with Gasteiger partial charge in [-0.05, 0) is 39.3 Å². The van der Waals surface area contributed by atoms with E-state index in [4.69, 9.17) is 4.74 Å². The van der Waals surface area contributed by atoms with E-state index in [0.29, 0.717) is 5.56 Å². The van der Waals surface area contributed by atoms with Gasteiger partial charge in [-0.1, -0.05) is 0 Å². The molecule has 0 aliphatic heterocycles. The molecule has 6 heteroatoms. The van der Waals surface area contributed by atoms with Crippen molar-refractivity contribution in [2.24, 2.45) is 0 Å². The molecule has 0 radical (unpaired) electrons. The number of pyridine rings is 1. The number of methoxy groups -OCH3 is 1. The molecule has 104 valence electrons. The number of ether oxygens (including phenoxy) is 2. The summed E-state index contributed by atoms with van der Waals surface area (Å²) >= 11 is 0. The molecule has 0 fully saturated rings. The molecule has 0 unspecified atom stereocenters. The molecule has 0 aromatic carbocycles. The van der Waals surface area contributed by atoms with E-state index in [1.54, 1.807) is 33.8 Å². The van der Waals surface area contributed by atoms with Gasteiger partial charge in [0.2, 0.25) is 0 Å². The van der Waals surface area contributed by atoms with E-state index in [9.17, 15) is 9.59 Å². The molecule has 19 heavy (non-hydrogen) atoms. The van der Waals surface area contributed by atoms with Crippen molar-refractivity contribution in [3.63, 3.8) is 0 Å². The number of anilines is 1. The predicted octanol–water partition coefficient (Wildman–Crippen LogP) is 2.52. The van der Waals surface area contributed by atoms with Gasteiger partial charge in [-0.25, -0.2) is 14.6 Å². The minimum atomic E-state index is -0.671. The summed E-state index contributed by atoms with van der Waals surface area (Å²) in [6, 6.07) is 1.66. The highest BCUT2D eigenvalue weighted by Crippen LogP contribution is 2.18. The Morgan fingerprint density at radius 2 is 1.95 bits per heavy atom. The summed E-state index contributed by atoms with van der Waals surface area (Å²) in [7, 11) is 1.27. The number of amides is 1. The van der Waals surface area contributed by atoms with Gasteiger partial charge in [0.1, 0.15) is 17.0 Å². The number of nitrogens with one attached hydrogen (secondary N) is 1. The van der Waals surface area contributed by atoms with Crippen LogP contribution < -0.4 is 5.32 Å². The molecule has 1 aromatic heterocycles. The first kappa shape index (κ1) is 14.9. The van der Waals surface area contributed by atoms with Gasteiger partial charge in [0, 0.05) is 6.20 Å². The highest BCUT2D eigenvalue weighted by molar-refractivity contribution is 5.99. The van der Waals surface area contributed by atoms with Crippen molar-refractivity contribution in [3.05, 3.63) is 23.4 Å². The Bertz CT molecular complexity index is 492. The Morgan fingerprint density at radius 3 is 2.47 bits per heavy atom. The maximum Gasteiger partial charge on any atom is 0.413 e. The Labute approximate surface area is 112 Å².